The van der Waals surface area contributed by atoms with E-state index in [1.807, 2.05) is 118 Å². The highest BCUT2D eigenvalue weighted by Crippen LogP contribution is 2.32. The van der Waals surface area contributed by atoms with Crippen molar-refractivity contribution in [2.45, 2.75) is 138 Å². The molecule has 496 valence electrons. The van der Waals surface area contributed by atoms with E-state index in [4.69, 9.17) is 23.1 Å². The Labute approximate surface area is 568 Å². The summed E-state index contributed by atoms with van der Waals surface area (Å²) in [5.74, 6) is 1.84. The predicted molar refractivity (Wildman–Crippen MR) is 390 cm³/mol. The molecule has 3 amide bonds. The van der Waals surface area contributed by atoms with Crippen molar-refractivity contribution in [2.24, 2.45) is 5.92 Å². The highest BCUT2D eigenvalue weighted by Gasteiger charge is 2.34. The summed E-state index contributed by atoms with van der Waals surface area (Å²) < 4.78 is 0. The summed E-state index contributed by atoms with van der Waals surface area (Å²) in [5, 5.41) is 22.8. The zero-order valence-electron chi connectivity index (χ0n) is 56.2. The minimum atomic E-state index is -0.362. The first kappa shape index (κ1) is 75.3. The van der Waals surface area contributed by atoms with Crippen LogP contribution < -0.4 is 16.8 Å². The Hall–Kier alpha value is -6.69. The number of anilines is 3. The number of nitrogens with zero attached hydrogens (tertiary/aromatic N) is 4. The van der Waals surface area contributed by atoms with Gasteiger partial charge in [-0.2, -0.15) is 0 Å². The van der Waals surface area contributed by atoms with Gasteiger partial charge in [-0.1, -0.05) is 109 Å². The van der Waals surface area contributed by atoms with Gasteiger partial charge in [-0.3, -0.25) is 28.9 Å². The molecule has 0 aliphatic carbocycles. The Bertz CT molecular complexity index is 3400. The van der Waals surface area contributed by atoms with Crippen molar-refractivity contribution in [1.29, 1.82) is 0 Å². The number of hydrogen-bond acceptors (Lipinski definition) is 12. The zero-order chi connectivity index (χ0) is 67.6. The number of piperidine rings is 2. The number of halogens is 2. The van der Waals surface area contributed by atoms with Crippen LogP contribution in [0, 0.1) is 33.6 Å². The van der Waals surface area contributed by atoms with E-state index < -0.39 is 0 Å². The van der Waals surface area contributed by atoms with Gasteiger partial charge in [0.1, 0.15) is 0 Å². The lowest BCUT2D eigenvalue weighted by atomic mass is 9.79. The number of carbonyl (C=O) groups excluding carboxylic acids is 5. The average Bonchev–Trinajstić information content (AvgIpc) is 1.66. The Morgan fingerprint density at radius 2 is 1.13 bits per heavy atom. The van der Waals surface area contributed by atoms with Gasteiger partial charge >= 0.3 is 14.1 Å². The second-order valence-electron chi connectivity index (χ2n) is 25.3. The number of fused-ring (bicyclic) bond motifs is 1. The number of benzene rings is 6. The largest absolute Gasteiger partial charge is 0.437 e. The standard InChI is InChI=1S/C27H36N2O2.C12H19BN2O.C12H17BN2O.C12H12BrNO2.C12H15ClO/c1-19(2)27(31)28-25-8-5-7-23(18-25)22-12-15-29(16-13-22)14-6-9-26(30)24-11-10-20(3)21(4)17-24;2*1-13(16)15-7-5-10(6-8-15)11-3-2-4-12(14)9-11;13-7-3-4-8-14-11(15)9-5-1-2-6-10(9)12(14)16;1-9-5-6-11(8-10(9)2)12(14)4-3-7-13/h5,7-8,10-11,17-19,22H,6,9,12-16H2,1-4H3,(H,28,31);2-4,9-10,16H,5-8,14H2,1H3;2-5,9,16H,6-8,14H2,1H3;1-2,5-6H,3-4,7-8H2;5-6,8H,3-4,7H2,1-2H3. The van der Waals surface area contributed by atoms with Gasteiger partial charge in [-0.25, -0.2) is 0 Å². The summed E-state index contributed by atoms with van der Waals surface area (Å²) >= 11 is 8.87. The van der Waals surface area contributed by atoms with Crippen molar-refractivity contribution in [1.82, 2.24) is 19.4 Å². The first-order chi connectivity index (χ1) is 44.6. The predicted octanol–water partition coefficient (Wildman–Crippen LogP) is 14.7. The monoisotopic (exact) mass is 1350 g/mol. The molecular formula is C75H99B2BrClN7O7. The minimum absolute atomic E-state index is 0.0196. The molecule has 4 aliphatic heterocycles. The number of nitrogen functional groups attached to an aromatic ring is 2. The summed E-state index contributed by atoms with van der Waals surface area (Å²) in [7, 11) is -0.680. The van der Waals surface area contributed by atoms with E-state index in [0.29, 0.717) is 48.2 Å². The number of likely N-dealkylation sites (tertiary alicyclic amines) is 1. The van der Waals surface area contributed by atoms with Gasteiger partial charge in [0, 0.05) is 71.2 Å². The smallest absolute Gasteiger partial charge is 0.376 e. The van der Waals surface area contributed by atoms with Gasteiger partial charge < -0.3 is 41.4 Å². The number of alkyl halides is 2. The van der Waals surface area contributed by atoms with Crippen LogP contribution in [0.15, 0.2) is 140 Å². The molecule has 0 radical (unpaired) electrons. The van der Waals surface area contributed by atoms with Gasteiger partial charge in [0.25, 0.3) is 11.8 Å². The molecule has 14 nitrogen and oxygen atoms in total. The SMILES string of the molecule is CB(O)N1CC=C(c2cccc(N)c2)CC1.CB(O)N1CCC(c2cccc(N)c2)CC1.Cc1ccc(C(=O)CCCCl)cc1C.Cc1ccc(C(=O)CCCN2CCC(c3cccc(NC(=O)C(C)C)c3)CC2)cc1C.O=C1c2ccccc2C(=O)N1CCCCBr. The fourth-order valence-electron chi connectivity index (χ4n) is 11.7. The summed E-state index contributed by atoms with van der Waals surface area (Å²) in [6.07, 6.45) is 12.2. The highest BCUT2D eigenvalue weighted by atomic mass is 79.9. The van der Waals surface area contributed by atoms with Crippen LogP contribution in [0.1, 0.15) is 177 Å². The van der Waals surface area contributed by atoms with Crippen molar-refractivity contribution in [3.63, 3.8) is 0 Å². The Balaban J connectivity index is 0.000000192. The van der Waals surface area contributed by atoms with Crippen LogP contribution in [0.25, 0.3) is 5.57 Å². The number of nitrogens with two attached hydrogens (primary N) is 2. The van der Waals surface area contributed by atoms with E-state index in [1.54, 1.807) is 31.1 Å². The van der Waals surface area contributed by atoms with E-state index in [-0.39, 0.29) is 49.3 Å². The number of carbonyl (C=O) groups is 5. The first-order valence-corrected chi connectivity index (χ1v) is 34.9. The third-order valence-electron chi connectivity index (χ3n) is 17.9. The van der Waals surface area contributed by atoms with Crippen molar-refractivity contribution >= 4 is 93.6 Å². The lowest BCUT2D eigenvalue weighted by molar-refractivity contribution is -0.118. The normalized spacial score (nSPS) is 15.2. The number of unbranched alkanes of at least 4 members (excludes halogenated alkanes) is 1. The fraction of sp³-hybridized carbons (Fsp3) is 0.427. The first-order valence-electron chi connectivity index (χ1n) is 33.2. The summed E-state index contributed by atoms with van der Waals surface area (Å²) in [4.78, 5) is 67.8. The molecule has 93 heavy (non-hydrogen) atoms. The molecule has 18 heteroatoms. The number of imide groups is 1. The molecule has 0 atom stereocenters. The molecule has 0 bridgehead atoms. The fourth-order valence-corrected chi connectivity index (χ4v) is 12.2. The minimum Gasteiger partial charge on any atom is -0.437 e. The lowest BCUT2D eigenvalue weighted by Crippen LogP contribution is -2.42. The second-order valence-corrected chi connectivity index (χ2v) is 26.4. The number of nitrogens with one attached hydrogen (secondary N) is 1. The highest BCUT2D eigenvalue weighted by molar-refractivity contribution is 9.09. The molecular weight excluding hydrogens is 1250 g/mol. The number of hydrogen-bond donors (Lipinski definition) is 5. The maximum absolute atomic E-state index is 12.5. The molecule has 10 rings (SSSR count). The van der Waals surface area contributed by atoms with Crippen molar-refractivity contribution in [3.8, 4) is 0 Å². The van der Waals surface area contributed by atoms with Gasteiger partial charge in [0.2, 0.25) is 5.91 Å². The molecule has 0 spiro atoms. The zero-order valence-corrected chi connectivity index (χ0v) is 58.5. The molecule has 6 aromatic carbocycles. The Kier molecular flexibility index (Phi) is 31.3. The number of rotatable bonds is 20. The third kappa shape index (κ3) is 23.9. The maximum atomic E-state index is 12.5. The van der Waals surface area contributed by atoms with Gasteiger partial charge in [0.05, 0.1) is 11.1 Å². The van der Waals surface area contributed by atoms with Crippen LogP contribution in [-0.2, 0) is 4.79 Å². The topological polar surface area (TPSA) is 203 Å². The van der Waals surface area contributed by atoms with Crippen LogP contribution in [0.3, 0.4) is 0 Å². The molecule has 4 aliphatic rings. The van der Waals surface area contributed by atoms with Gasteiger partial charge in [0.15, 0.2) is 11.6 Å². The van der Waals surface area contributed by atoms with Crippen LogP contribution in [0.2, 0.25) is 13.6 Å². The number of aryl methyl sites for hydroxylation is 4. The van der Waals surface area contributed by atoms with Gasteiger partial charge in [-0.05, 0) is 255 Å². The van der Waals surface area contributed by atoms with Crippen molar-refractivity contribution in [2.75, 3.05) is 80.4 Å². The number of ketones is 2. The quantitative estimate of drug-likeness (QED) is 0.0121. The molecule has 6 aromatic rings. The van der Waals surface area contributed by atoms with E-state index in [1.165, 1.54) is 49.4 Å². The molecule has 7 N–H and O–H groups in total. The average molecular weight is 1350 g/mol. The molecule has 2 saturated heterocycles. The molecule has 2 fully saturated rings. The van der Waals surface area contributed by atoms with E-state index >= 15 is 0 Å². The van der Waals surface area contributed by atoms with E-state index in [0.717, 1.165) is 137 Å². The number of Topliss-reactive ketones (excluding diaryl/α,β-unsaturated/α-hetero) is 2. The summed E-state index contributed by atoms with van der Waals surface area (Å²) in [6.45, 7) is 22.9. The van der Waals surface area contributed by atoms with Crippen molar-refractivity contribution in [3.05, 3.63) is 201 Å². The summed E-state index contributed by atoms with van der Waals surface area (Å²) in [5.41, 5.74) is 26.8. The van der Waals surface area contributed by atoms with Crippen LogP contribution >= 0.6 is 27.5 Å². The van der Waals surface area contributed by atoms with Gasteiger partial charge in [-0.15, -0.1) is 11.6 Å². The molecule has 0 unspecified atom stereocenters. The van der Waals surface area contributed by atoms with Crippen LogP contribution in [0.5, 0.6) is 0 Å². The van der Waals surface area contributed by atoms with Crippen LogP contribution in [0.4, 0.5) is 17.1 Å². The molecule has 4 heterocycles. The maximum Gasteiger partial charge on any atom is 0.376 e. The molecule has 0 aromatic heterocycles. The van der Waals surface area contributed by atoms with Crippen LogP contribution in [-0.4, -0.2) is 136 Å². The Morgan fingerprint density at radius 1 is 0.602 bits per heavy atom. The third-order valence-corrected chi connectivity index (χ3v) is 18.7. The number of amides is 3. The second kappa shape index (κ2) is 38.6. The van der Waals surface area contributed by atoms with Crippen molar-refractivity contribution < 1.29 is 34.0 Å². The lowest BCUT2D eigenvalue weighted by Gasteiger charge is -2.32. The van der Waals surface area contributed by atoms with E-state index in [9.17, 15) is 34.0 Å². The Morgan fingerprint density at radius 3 is 1.62 bits per heavy atom. The van der Waals surface area contributed by atoms with E-state index in [2.05, 4.69) is 81.2 Å². The summed E-state index contributed by atoms with van der Waals surface area (Å²) in [6, 6.07) is 43.3. The molecule has 0 saturated carbocycles.